The first kappa shape index (κ1) is 15.2. The monoisotopic (exact) mass is 333 g/mol. The van der Waals surface area contributed by atoms with E-state index in [-0.39, 0.29) is 29.4 Å². The number of halogens is 4. The molecule has 0 unspecified atom stereocenters. The zero-order valence-electron chi connectivity index (χ0n) is 12.6. The zero-order valence-corrected chi connectivity index (χ0v) is 12.6. The molecule has 2 aromatic carbocycles. The minimum absolute atomic E-state index is 0.0859. The highest BCUT2D eigenvalue weighted by atomic mass is 19.4. The SMILES string of the molecule is Fc1cccc([C@@H]2Nc3c(cccc3C(F)(F)F)[C@@H]3C=CC[C@H]32)c1. The maximum atomic E-state index is 13.6. The first-order valence-electron chi connectivity index (χ1n) is 7.84. The van der Waals surface area contributed by atoms with E-state index < -0.39 is 11.7 Å². The minimum atomic E-state index is -4.43. The second-order valence-electron chi connectivity index (χ2n) is 6.30. The molecule has 24 heavy (non-hydrogen) atoms. The Labute approximate surface area is 137 Å². The highest BCUT2D eigenvalue weighted by Crippen LogP contribution is 2.52. The number of allylic oxidation sites excluding steroid dienone is 2. The average molecular weight is 333 g/mol. The number of hydrogen-bond acceptors (Lipinski definition) is 1. The molecular weight excluding hydrogens is 318 g/mol. The molecular formula is C19H15F4N. The predicted molar refractivity (Wildman–Crippen MR) is 84.2 cm³/mol. The summed E-state index contributed by atoms with van der Waals surface area (Å²) in [6.07, 6.45) is 0.296. The normalized spacial score (nSPS) is 25.1. The van der Waals surface area contributed by atoms with E-state index >= 15 is 0 Å². The third-order valence-corrected chi connectivity index (χ3v) is 4.91. The first-order valence-corrected chi connectivity index (χ1v) is 7.84. The van der Waals surface area contributed by atoms with Crippen LogP contribution in [0.4, 0.5) is 23.2 Å². The largest absolute Gasteiger partial charge is 0.418 e. The van der Waals surface area contributed by atoms with Crippen molar-refractivity contribution in [1.82, 2.24) is 0 Å². The van der Waals surface area contributed by atoms with Crippen molar-refractivity contribution in [2.75, 3.05) is 5.32 Å². The summed E-state index contributed by atoms with van der Waals surface area (Å²) < 4.78 is 53.8. The molecule has 0 spiro atoms. The van der Waals surface area contributed by atoms with E-state index in [2.05, 4.69) is 5.32 Å². The third kappa shape index (κ3) is 2.39. The summed E-state index contributed by atoms with van der Waals surface area (Å²) >= 11 is 0. The van der Waals surface area contributed by atoms with Crippen LogP contribution in [0.15, 0.2) is 54.6 Å². The molecule has 1 nitrogen and oxygen atoms in total. The molecule has 5 heteroatoms. The maximum Gasteiger partial charge on any atom is 0.418 e. The summed E-state index contributed by atoms with van der Waals surface area (Å²) in [6.45, 7) is 0. The number of alkyl halides is 3. The van der Waals surface area contributed by atoms with Crippen LogP contribution in [0.5, 0.6) is 0 Å². The number of fused-ring (bicyclic) bond motifs is 3. The fourth-order valence-corrected chi connectivity index (χ4v) is 3.89. The smallest absolute Gasteiger partial charge is 0.377 e. The molecule has 2 aliphatic rings. The molecule has 0 radical (unpaired) electrons. The van der Waals surface area contributed by atoms with Crippen LogP contribution in [-0.4, -0.2) is 0 Å². The summed E-state index contributed by atoms with van der Waals surface area (Å²) in [5, 5.41) is 3.06. The molecule has 1 heterocycles. The van der Waals surface area contributed by atoms with Crippen molar-refractivity contribution in [2.45, 2.75) is 24.6 Å². The Morgan fingerprint density at radius 1 is 1.04 bits per heavy atom. The van der Waals surface area contributed by atoms with Gasteiger partial charge < -0.3 is 5.32 Å². The van der Waals surface area contributed by atoms with E-state index in [1.807, 2.05) is 12.2 Å². The summed E-state index contributed by atoms with van der Waals surface area (Å²) in [6, 6.07) is 10.0. The van der Waals surface area contributed by atoms with E-state index in [1.54, 1.807) is 18.2 Å². The molecule has 1 aliphatic heterocycles. The van der Waals surface area contributed by atoms with E-state index in [4.69, 9.17) is 0 Å². The van der Waals surface area contributed by atoms with Crippen LogP contribution in [0, 0.1) is 11.7 Å². The van der Waals surface area contributed by atoms with Gasteiger partial charge in [-0.05, 0) is 41.7 Å². The van der Waals surface area contributed by atoms with Crippen LogP contribution in [0.2, 0.25) is 0 Å². The van der Waals surface area contributed by atoms with Gasteiger partial charge in [0.2, 0.25) is 0 Å². The minimum Gasteiger partial charge on any atom is -0.377 e. The third-order valence-electron chi connectivity index (χ3n) is 4.91. The summed E-state index contributed by atoms with van der Waals surface area (Å²) in [7, 11) is 0. The van der Waals surface area contributed by atoms with Crippen molar-refractivity contribution >= 4 is 5.69 Å². The predicted octanol–water partition coefficient (Wildman–Crippen LogP) is 5.67. The van der Waals surface area contributed by atoms with Gasteiger partial charge in [0.05, 0.1) is 17.3 Å². The first-order chi connectivity index (χ1) is 11.4. The van der Waals surface area contributed by atoms with Gasteiger partial charge in [-0.2, -0.15) is 13.2 Å². The van der Waals surface area contributed by atoms with Gasteiger partial charge in [0, 0.05) is 5.92 Å². The highest BCUT2D eigenvalue weighted by Gasteiger charge is 2.42. The van der Waals surface area contributed by atoms with Crippen LogP contribution in [0.25, 0.3) is 0 Å². The lowest BCUT2D eigenvalue weighted by Crippen LogP contribution is -2.30. The number of para-hydroxylation sites is 1. The number of rotatable bonds is 1. The van der Waals surface area contributed by atoms with E-state index in [0.29, 0.717) is 11.1 Å². The standard InChI is InChI=1S/C19H15F4N/c20-12-5-1-4-11(10-12)17-14-7-2-6-13(14)15-8-3-9-16(18(15)24-17)19(21,22)23/h1-6,8-10,13-14,17,24H,7H2/t13-,14-,17+/m1/s1. The van der Waals surface area contributed by atoms with Gasteiger partial charge in [-0.25, -0.2) is 4.39 Å². The van der Waals surface area contributed by atoms with E-state index in [9.17, 15) is 17.6 Å². The van der Waals surface area contributed by atoms with Gasteiger partial charge in [0.15, 0.2) is 0 Å². The molecule has 1 aliphatic carbocycles. The quantitative estimate of drug-likeness (QED) is 0.524. The van der Waals surface area contributed by atoms with Gasteiger partial charge in [0.25, 0.3) is 0 Å². The molecule has 4 rings (SSSR count). The molecule has 0 aromatic heterocycles. The van der Waals surface area contributed by atoms with Crippen LogP contribution < -0.4 is 5.32 Å². The van der Waals surface area contributed by atoms with Crippen LogP contribution >= 0.6 is 0 Å². The molecule has 0 saturated carbocycles. The Kier molecular flexibility index (Phi) is 3.41. The van der Waals surface area contributed by atoms with Crippen LogP contribution in [0.3, 0.4) is 0 Å². The van der Waals surface area contributed by atoms with Gasteiger partial charge in [0.1, 0.15) is 5.82 Å². The number of benzene rings is 2. The summed E-state index contributed by atoms with van der Waals surface area (Å²) in [5.74, 6) is -0.383. The molecule has 0 saturated heterocycles. The number of anilines is 1. The van der Waals surface area contributed by atoms with Crippen molar-refractivity contribution < 1.29 is 17.6 Å². The van der Waals surface area contributed by atoms with Crippen molar-refractivity contribution in [3.05, 3.63) is 77.1 Å². The second kappa shape index (κ2) is 5.36. The Balaban J connectivity index is 1.85. The van der Waals surface area contributed by atoms with E-state index in [0.717, 1.165) is 12.5 Å². The van der Waals surface area contributed by atoms with Crippen molar-refractivity contribution in [3.8, 4) is 0 Å². The molecule has 0 bridgehead atoms. The Hall–Kier alpha value is -2.30. The summed E-state index contributed by atoms with van der Waals surface area (Å²) in [4.78, 5) is 0. The fraction of sp³-hybridized carbons (Fsp3) is 0.263. The molecule has 0 fully saturated rings. The van der Waals surface area contributed by atoms with Gasteiger partial charge in [-0.3, -0.25) is 0 Å². The summed E-state index contributed by atoms with van der Waals surface area (Å²) in [5.41, 5.74) is 0.791. The van der Waals surface area contributed by atoms with Gasteiger partial charge in [-0.15, -0.1) is 0 Å². The number of hydrogen-bond donors (Lipinski definition) is 1. The maximum absolute atomic E-state index is 13.6. The molecule has 0 amide bonds. The van der Waals surface area contributed by atoms with Crippen molar-refractivity contribution in [3.63, 3.8) is 0 Å². The van der Waals surface area contributed by atoms with Gasteiger partial charge >= 0.3 is 6.18 Å². The van der Waals surface area contributed by atoms with Crippen molar-refractivity contribution in [2.24, 2.45) is 5.92 Å². The second-order valence-corrected chi connectivity index (χ2v) is 6.30. The van der Waals surface area contributed by atoms with Gasteiger partial charge in [-0.1, -0.05) is 36.4 Å². The fourth-order valence-electron chi connectivity index (χ4n) is 3.89. The molecule has 1 N–H and O–H groups in total. The molecule has 2 aromatic rings. The van der Waals surface area contributed by atoms with Crippen LogP contribution in [0.1, 0.15) is 35.1 Å². The highest BCUT2D eigenvalue weighted by molar-refractivity contribution is 5.65. The Bertz CT molecular complexity index is 809. The average Bonchev–Trinajstić information content (AvgIpc) is 3.02. The van der Waals surface area contributed by atoms with Crippen molar-refractivity contribution in [1.29, 1.82) is 0 Å². The Morgan fingerprint density at radius 2 is 1.83 bits per heavy atom. The topological polar surface area (TPSA) is 12.0 Å². The number of nitrogens with one attached hydrogen (secondary N) is 1. The Morgan fingerprint density at radius 3 is 2.58 bits per heavy atom. The van der Waals surface area contributed by atoms with E-state index in [1.165, 1.54) is 18.2 Å². The molecule has 3 atom stereocenters. The zero-order chi connectivity index (χ0) is 16.9. The molecule has 124 valence electrons. The lowest BCUT2D eigenvalue weighted by molar-refractivity contribution is -0.137. The lowest BCUT2D eigenvalue weighted by atomic mass is 9.76. The van der Waals surface area contributed by atoms with Crippen LogP contribution in [-0.2, 0) is 6.18 Å². The lowest BCUT2D eigenvalue weighted by Gasteiger charge is -2.38.